The number of benzene rings is 1. The number of pyridine rings is 1. The van der Waals surface area contributed by atoms with Crippen molar-refractivity contribution in [2.75, 3.05) is 0 Å². The predicted octanol–water partition coefficient (Wildman–Crippen LogP) is 5.10. The molecule has 1 aliphatic heterocycles. The van der Waals surface area contributed by atoms with Gasteiger partial charge in [-0.05, 0) is 26.3 Å². The summed E-state index contributed by atoms with van der Waals surface area (Å²) in [5, 5.41) is 1.00. The maximum atomic E-state index is 13.1. The molecule has 152 valence electrons. The number of rotatable bonds is 3. The van der Waals surface area contributed by atoms with Crippen LogP contribution in [0, 0.1) is 0 Å². The molecule has 0 atom stereocenters. The van der Waals surface area contributed by atoms with Crippen LogP contribution in [0.3, 0.4) is 0 Å². The summed E-state index contributed by atoms with van der Waals surface area (Å²) in [5.74, 6) is 0. The highest BCUT2D eigenvalue weighted by Gasteiger charge is 2.32. The zero-order valence-corrected chi connectivity index (χ0v) is 18.2. The Labute approximate surface area is 178 Å². The molecule has 5 rings (SSSR count). The van der Waals surface area contributed by atoms with Gasteiger partial charge in [-0.2, -0.15) is 0 Å². The van der Waals surface area contributed by atoms with Gasteiger partial charge in [0.15, 0.2) is 0 Å². The van der Waals surface area contributed by atoms with E-state index in [4.69, 9.17) is 14.7 Å². The Bertz CT molecular complexity index is 1370. The lowest BCUT2D eigenvalue weighted by Gasteiger charge is -2.33. The first-order valence-corrected chi connectivity index (χ1v) is 10.8. The van der Waals surface area contributed by atoms with E-state index in [-0.39, 0.29) is 11.2 Å². The summed E-state index contributed by atoms with van der Waals surface area (Å²) in [6, 6.07) is 10.2. The maximum absolute atomic E-state index is 13.1. The molecular formula is C24H23N3O2S. The predicted molar refractivity (Wildman–Crippen MR) is 122 cm³/mol. The van der Waals surface area contributed by atoms with Crippen LogP contribution < -0.4 is 5.56 Å². The third-order valence-corrected chi connectivity index (χ3v) is 6.57. The molecule has 0 radical (unpaired) electrons. The first-order valence-electron chi connectivity index (χ1n) is 10.0. The molecule has 3 aromatic heterocycles. The number of hydrogen-bond acceptors (Lipinski definition) is 5. The molecule has 0 N–H and O–H groups in total. The zero-order chi connectivity index (χ0) is 21.0. The average Bonchev–Trinajstić information content (AvgIpc) is 3.09. The maximum Gasteiger partial charge on any atom is 0.271 e. The van der Waals surface area contributed by atoms with E-state index in [2.05, 4.69) is 32.6 Å². The second-order valence-electron chi connectivity index (χ2n) is 8.60. The van der Waals surface area contributed by atoms with Gasteiger partial charge >= 0.3 is 0 Å². The Morgan fingerprint density at radius 1 is 1.27 bits per heavy atom. The fraction of sp³-hybridized carbons (Fsp3) is 0.292. The minimum absolute atomic E-state index is 0.0349. The van der Waals surface area contributed by atoms with Gasteiger partial charge in [-0.15, -0.1) is 11.3 Å². The highest BCUT2D eigenvalue weighted by molar-refractivity contribution is 7.25. The fourth-order valence-electron chi connectivity index (χ4n) is 4.14. The number of allylic oxidation sites excluding steroid dienone is 1. The first-order chi connectivity index (χ1) is 14.3. The molecule has 5 nitrogen and oxygen atoms in total. The van der Waals surface area contributed by atoms with Gasteiger partial charge in [0.05, 0.1) is 29.7 Å². The summed E-state index contributed by atoms with van der Waals surface area (Å²) in [5.41, 5.74) is 5.64. The summed E-state index contributed by atoms with van der Waals surface area (Å²) < 4.78 is 8.42. The molecule has 0 saturated carbocycles. The van der Waals surface area contributed by atoms with E-state index < -0.39 is 0 Å². The standard InChI is InChI=1S/C24H23N3O2S/c1-14(2)11-27-13-25-20-18-16-10-24(3,4)29-12-17(16)19(15-8-6-5-7-9-15)26-22(18)30-21(20)23(27)28/h5-9,13H,1,10-12H2,2-4H3. The Morgan fingerprint density at radius 2 is 2.03 bits per heavy atom. The van der Waals surface area contributed by atoms with Crippen molar-refractivity contribution >= 4 is 31.8 Å². The van der Waals surface area contributed by atoms with E-state index in [1.54, 1.807) is 10.9 Å². The van der Waals surface area contributed by atoms with Gasteiger partial charge in [0.2, 0.25) is 0 Å². The number of hydrogen-bond donors (Lipinski definition) is 0. The van der Waals surface area contributed by atoms with Crippen LogP contribution >= 0.6 is 11.3 Å². The molecule has 0 unspecified atom stereocenters. The number of nitrogens with zero attached hydrogens (tertiary/aromatic N) is 3. The summed E-state index contributed by atoms with van der Waals surface area (Å²) in [6.45, 7) is 11.0. The Hall–Kier alpha value is -2.83. The van der Waals surface area contributed by atoms with Crippen molar-refractivity contribution in [2.24, 2.45) is 0 Å². The van der Waals surface area contributed by atoms with E-state index in [1.165, 1.54) is 16.9 Å². The molecule has 4 heterocycles. The van der Waals surface area contributed by atoms with Crippen LogP contribution in [0.1, 0.15) is 31.9 Å². The van der Waals surface area contributed by atoms with Crippen molar-refractivity contribution in [1.29, 1.82) is 0 Å². The van der Waals surface area contributed by atoms with E-state index in [9.17, 15) is 4.79 Å². The number of fused-ring (bicyclic) bond motifs is 5. The van der Waals surface area contributed by atoms with Crippen molar-refractivity contribution in [2.45, 2.75) is 45.9 Å². The lowest BCUT2D eigenvalue weighted by Crippen LogP contribution is -2.32. The van der Waals surface area contributed by atoms with Crippen molar-refractivity contribution in [1.82, 2.24) is 14.5 Å². The van der Waals surface area contributed by atoms with Gasteiger partial charge in [-0.1, -0.05) is 42.5 Å². The minimum atomic E-state index is -0.279. The normalized spacial score (nSPS) is 15.4. The summed E-state index contributed by atoms with van der Waals surface area (Å²) in [4.78, 5) is 23.7. The summed E-state index contributed by atoms with van der Waals surface area (Å²) in [6.07, 6.45) is 2.39. The summed E-state index contributed by atoms with van der Waals surface area (Å²) >= 11 is 1.43. The second-order valence-corrected chi connectivity index (χ2v) is 9.60. The lowest BCUT2D eigenvalue weighted by atomic mass is 9.88. The van der Waals surface area contributed by atoms with Crippen LogP contribution in [0.5, 0.6) is 0 Å². The highest BCUT2D eigenvalue weighted by Crippen LogP contribution is 2.42. The van der Waals surface area contributed by atoms with Gasteiger partial charge in [0.1, 0.15) is 9.53 Å². The highest BCUT2D eigenvalue weighted by atomic mass is 32.1. The van der Waals surface area contributed by atoms with Crippen molar-refractivity contribution in [3.63, 3.8) is 0 Å². The van der Waals surface area contributed by atoms with Crippen LogP contribution in [-0.2, 0) is 24.3 Å². The topological polar surface area (TPSA) is 57.0 Å². The van der Waals surface area contributed by atoms with Crippen LogP contribution in [-0.4, -0.2) is 20.1 Å². The van der Waals surface area contributed by atoms with Gasteiger partial charge in [-0.3, -0.25) is 9.36 Å². The third-order valence-electron chi connectivity index (χ3n) is 5.51. The Morgan fingerprint density at radius 3 is 2.77 bits per heavy atom. The van der Waals surface area contributed by atoms with Crippen LogP contribution in [0.4, 0.5) is 0 Å². The Kier molecular flexibility index (Phi) is 4.38. The fourth-order valence-corrected chi connectivity index (χ4v) is 5.24. The molecule has 6 heteroatoms. The number of ether oxygens (including phenoxy) is 1. The smallest absolute Gasteiger partial charge is 0.271 e. The van der Waals surface area contributed by atoms with Crippen molar-refractivity contribution in [3.8, 4) is 11.3 Å². The molecule has 0 bridgehead atoms. The molecule has 0 aliphatic carbocycles. The van der Waals surface area contributed by atoms with E-state index in [0.29, 0.717) is 17.9 Å². The quantitative estimate of drug-likeness (QED) is 0.435. The minimum Gasteiger partial charge on any atom is -0.370 e. The zero-order valence-electron chi connectivity index (χ0n) is 17.4. The molecule has 0 saturated heterocycles. The number of thiophene rings is 1. The second kappa shape index (κ2) is 6.86. The molecule has 4 aromatic rings. The molecule has 1 aromatic carbocycles. The SMILES string of the molecule is C=C(C)Cn1cnc2c(sc3nc(-c4ccccc4)c4c(c32)CC(C)(C)OC4)c1=O. The third kappa shape index (κ3) is 3.07. The van der Waals surface area contributed by atoms with E-state index >= 15 is 0 Å². The molecule has 0 amide bonds. The van der Waals surface area contributed by atoms with Gasteiger partial charge in [0, 0.05) is 29.5 Å². The monoisotopic (exact) mass is 417 g/mol. The molecular weight excluding hydrogens is 394 g/mol. The van der Waals surface area contributed by atoms with Crippen LogP contribution in [0.15, 0.2) is 53.6 Å². The lowest BCUT2D eigenvalue weighted by molar-refractivity contribution is -0.0394. The average molecular weight is 418 g/mol. The van der Waals surface area contributed by atoms with Gasteiger partial charge < -0.3 is 4.74 Å². The van der Waals surface area contributed by atoms with E-state index in [0.717, 1.165) is 44.5 Å². The van der Waals surface area contributed by atoms with E-state index in [1.807, 2.05) is 25.1 Å². The first kappa shape index (κ1) is 19.2. The van der Waals surface area contributed by atoms with Gasteiger partial charge in [0.25, 0.3) is 5.56 Å². The Balaban J connectivity index is 1.86. The van der Waals surface area contributed by atoms with Crippen LogP contribution in [0.25, 0.3) is 31.7 Å². The van der Waals surface area contributed by atoms with Crippen molar-refractivity contribution in [3.05, 3.63) is 70.3 Å². The molecule has 1 aliphatic rings. The van der Waals surface area contributed by atoms with Crippen molar-refractivity contribution < 1.29 is 4.74 Å². The molecule has 30 heavy (non-hydrogen) atoms. The molecule has 0 fully saturated rings. The van der Waals surface area contributed by atoms with Crippen LogP contribution in [0.2, 0.25) is 0 Å². The number of aromatic nitrogens is 3. The largest absolute Gasteiger partial charge is 0.370 e. The molecule has 0 spiro atoms. The summed E-state index contributed by atoms with van der Waals surface area (Å²) in [7, 11) is 0. The van der Waals surface area contributed by atoms with Gasteiger partial charge in [-0.25, -0.2) is 9.97 Å².